The van der Waals surface area contributed by atoms with Crippen LogP contribution in [0.1, 0.15) is 37.5 Å². The van der Waals surface area contributed by atoms with Crippen LogP contribution in [0.15, 0.2) is 24.3 Å². The van der Waals surface area contributed by atoms with Crippen molar-refractivity contribution in [2.24, 2.45) is 5.92 Å². The van der Waals surface area contributed by atoms with E-state index in [4.69, 9.17) is 5.11 Å². The van der Waals surface area contributed by atoms with Crippen LogP contribution in [-0.4, -0.2) is 28.1 Å². The van der Waals surface area contributed by atoms with Gasteiger partial charge >= 0.3 is 12.1 Å². The van der Waals surface area contributed by atoms with Crippen LogP contribution < -0.4 is 5.32 Å². The Morgan fingerprint density at radius 1 is 1.22 bits per heavy atom. The molecule has 1 aromatic carbocycles. The van der Waals surface area contributed by atoms with Gasteiger partial charge in [0.15, 0.2) is 6.10 Å². The molecule has 128 valence electrons. The monoisotopic (exact) mass is 333 g/mol. The van der Waals surface area contributed by atoms with Crippen molar-refractivity contribution in [3.8, 4) is 0 Å². The molecule has 0 bridgehead atoms. The van der Waals surface area contributed by atoms with Crippen molar-refractivity contribution in [1.82, 2.24) is 5.32 Å². The predicted molar refractivity (Wildman–Crippen MR) is 75.4 cm³/mol. The lowest BCUT2D eigenvalue weighted by atomic mass is 9.98. The summed E-state index contributed by atoms with van der Waals surface area (Å²) in [7, 11) is 0. The number of halogens is 3. The number of aliphatic hydroxyl groups is 1. The number of aliphatic carboxylic acids is 1. The van der Waals surface area contributed by atoms with E-state index in [2.05, 4.69) is 5.32 Å². The number of hydrogen-bond donors (Lipinski definition) is 3. The average Bonchev–Trinajstić information content (AvgIpc) is 2.49. The van der Waals surface area contributed by atoms with Crippen molar-refractivity contribution >= 4 is 11.9 Å². The van der Waals surface area contributed by atoms with Gasteiger partial charge in [0.2, 0.25) is 0 Å². The average molecular weight is 333 g/mol. The molecule has 0 radical (unpaired) electrons. The molecule has 0 saturated carbocycles. The summed E-state index contributed by atoms with van der Waals surface area (Å²) in [6.07, 6.45) is -5.77. The molecule has 0 aliphatic rings. The van der Waals surface area contributed by atoms with Gasteiger partial charge in [-0.2, -0.15) is 13.2 Å². The number of aliphatic hydroxyl groups excluding tert-OH is 1. The van der Waals surface area contributed by atoms with Gasteiger partial charge < -0.3 is 15.5 Å². The summed E-state index contributed by atoms with van der Waals surface area (Å²) in [6.45, 7) is 3.38. The summed E-state index contributed by atoms with van der Waals surface area (Å²) in [5.41, 5.74) is -0.958. The standard InChI is InChI=1S/C15H18F3NO4/c1-3-8(2)11(14(22)23)19-13(21)12(20)9-4-6-10(7-5-9)15(16,17)18/h4-8,11-12,20H,3H2,1-2H3,(H,19,21)(H,22,23)/t8-,11-,12+/m0/s1. The van der Waals surface area contributed by atoms with Gasteiger partial charge in [0.05, 0.1) is 5.56 Å². The minimum Gasteiger partial charge on any atom is -0.480 e. The number of nitrogens with one attached hydrogen (secondary N) is 1. The number of amides is 1. The Labute approximate surface area is 131 Å². The highest BCUT2D eigenvalue weighted by Gasteiger charge is 2.31. The molecule has 0 aliphatic heterocycles. The molecule has 0 spiro atoms. The first-order valence-corrected chi connectivity index (χ1v) is 6.96. The van der Waals surface area contributed by atoms with Crippen molar-refractivity contribution in [2.75, 3.05) is 0 Å². The van der Waals surface area contributed by atoms with E-state index in [1.165, 1.54) is 0 Å². The van der Waals surface area contributed by atoms with E-state index in [1.807, 2.05) is 0 Å². The minimum absolute atomic E-state index is 0.0520. The third kappa shape index (κ3) is 4.95. The van der Waals surface area contributed by atoms with Gasteiger partial charge in [0, 0.05) is 0 Å². The predicted octanol–water partition coefficient (Wildman–Crippen LogP) is 2.35. The molecule has 1 rings (SSSR count). The molecule has 0 fully saturated rings. The van der Waals surface area contributed by atoms with Crippen LogP contribution in [0.2, 0.25) is 0 Å². The Morgan fingerprint density at radius 3 is 2.13 bits per heavy atom. The SMILES string of the molecule is CC[C@H](C)[C@H](NC(=O)[C@H](O)c1ccc(C(F)(F)F)cc1)C(=O)O. The fraction of sp³-hybridized carbons (Fsp3) is 0.467. The summed E-state index contributed by atoms with van der Waals surface area (Å²) in [5, 5.41) is 21.2. The number of carbonyl (C=O) groups excluding carboxylic acids is 1. The van der Waals surface area contributed by atoms with Gasteiger partial charge in [0.25, 0.3) is 5.91 Å². The van der Waals surface area contributed by atoms with E-state index < -0.39 is 35.8 Å². The lowest BCUT2D eigenvalue weighted by Gasteiger charge is -2.22. The lowest BCUT2D eigenvalue weighted by Crippen LogP contribution is -2.46. The van der Waals surface area contributed by atoms with Gasteiger partial charge in [-0.15, -0.1) is 0 Å². The van der Waals surface area contributed by atoms with E-state index in [1.54, 1.807) is 13.8 Å². The van der Waals surface area contributed by atoms with Crippen LogP contribution in [-0.2, 0) is 15.8 Å². The maximum Gasteiger partial charge on any atom is 0.416 e. The summed E-state index contributed by atoms with van der Waals surface area (Å²) in [6, 6.07) is 2.26. The van der Waals surface area contributed by atoms with Crippen LogP contribution in [0.25, 0.3) is 0 Å². The van der Waals surface area contributed by atoms with Crippen LogP contribution in [0, 0.1) is 5.92 Å². The maximum atomic E-state index is 12.5. The van der Waals surface area contributed by atoms with Crippen molar-refractivity contribution in [1.29, 1.82) is 0 Å². The number of rotatable bonds is 6. The Hall–Kier alpha value is -2.09. The van der Waals surface area contributed by atoms with E-state index in [-0.39, 0.29) is 11.5 Å². The Morgan fingerprint density at radius 2 is 1.74 bits per heavy atom. The van der Waals surface area contributed by atoms with Crippen molar-refractivity contribution in [2.45, 2.75) is 38.6 Å². The van der Waals surface area contributed by atoms with E-state index in [0.717, 1.165) is 24.3 Å². The zero-order valence-corrected chi connectivity index (χ0v) is 12.6. The zero-order valence-electron chi connectivity index (χ0n) is 12.6. The van der Waals surface area contributed by atoms with E-state index in [0.29, 0.717) is 6.42 Å². The van der Waals surface area contributed by atoms with Crippen LogP contribution >= 0.6 is 0 Å². The largest absolute Gasteiger partial charge is 0.480 e. The molecule has 23 heavy (non-hydrogen) atoms. The Bertz CT molecular complexity index is 557. The second-order valence-corrected chi connectivity index (χ2v) is 5.23. The smallest absolute Gasteiger partial charge is 0.416 e. The first-order valence-electron chi connectivity index (χ1n) is 6.96. The topological polar surface area (TPSA) is 86.6 Å². The Balaban J connectivity index is 2.85. The zero-order chi connectivity index (χ0) is 17.8. The van der Waals surface area contributed by atoms with E-state index >= 15 is 0 Å². The maximum absolute atomic E-state index is 12.5. The van der Waals surface area contributed by atoms with Crippen LogP contribution in [0.3, 0.4) is 0 Å². The number of alkyl halides is 3. The van der Waals surface area contributed by atoms with Gasteiger partial charge in [-0.05, 0) is 23.6 Å². The lowest BCUT2D eigenvalue weighted by molar-refractivity contribution is -0.145. The highest BCUT2D eigenvalue weighted by atomic mass is 19.4. The fourth-order valence-corrected chi connectivity index (χ4v) is 1.92. The van der Waals surface area contributed by atoms with Gasteiger partial charge in [0.1, 0.15) is 6.04 Å². The molecular formula is C15H18F3NO4. The number of benzene rings is 1. The third-order valence-electron chi connectivity index (χ3n) is 3.58. The molecule has 5 nitrogen and oxygen atoms in total. The van der Waals surface area contributed by atoms with Gasteiger partial charge in [-0.25, -0.2) is 4.79 Å². The molecule has 0 heterocycles. The van der Waals surface area contributed by atoms with Crippen LogP contribution in [0.4, 0.5) is 13.2 Å². The number of carboxylic acids is 1. The quantitative estimate of drug-likeness (QED) is 0.746. The van der Waals surface area contributed by atoms with E-state index in [9.17, 15) is 27.9 Å². The molecular weight excluding hydrogens is 315 g/mol. The number of carbonyl (C=O) groups is 2. The Kier molecular flexibility index (Phi) is 6.14. The molecule has 8 heteroatoms. The summed E-state index contributed by atoms with van der Waals surface area (Å²) in [5.74, 6) is -2.58. The highest BCUT2D eigenvalue weighted by Crippen LogP contribution is 2.30. The number of carboxylic acid groups (broad SMARTS) is 1. The number of hydrogen-bond acceptors (Lipinski definition) is 3. The molecule has 1 aromatic rings. The molecule has 0 saturated heterocycles. The second-order valence-electron chi connectivity index (χ2n) is 5.23. The summed E-state index contributed by atoms with van der Waals surface area (Å²) < 4.78 is 37.4. The third-order valence-corrected chi connectivity index (χ3v) is 3.58. The van der Waals surface area contributed by atoms with Gasteiger partial charge in [-0.1, -0.05) is 32.4 Å². The molecule has 0 unspecified atom stereocenters. The first-order chi connectivity index (χ1) is 10.6. The second kappa shape index (κ2) is 7.45. The fourth-order valence-electron chi connectivity index (χ4n) is 1.92. The van der Waals surface area contributed by atoms with Crippen molar-refractivity contribution in [3.63, 3.8) is 0 Å². The minimum atomic E-state index is -4.52. The van der Waals surface area contributed by atoms with Gasteiger partial charge in [-0.3, -0.25) is 4.79 Å². The normalized spacial score (nSPS) is 15.6. The summed E-state index contributed by atoms with van der Waals surface area (Å²) in [4.78, 5) is 23.0. The first kappa shape index (κ1) is 19.0. The highest BCUT2D eigenvalue weighted by molar-refractivity contribution is 5.87. The molecule has 0 aliphatic carbocycles. The van der Waals surface area contributed by atoms with Crippen LogP contribution in [0.5, 0.6) is 0 Å². The molecule has 1 amide bonds. The molecule has 3 atom stereocenters. The summed E-state index contributed by atoms with van der Waals surface area (Å²) >= 11 is 0. The van der Waals surface area contributed by atoms with Crippen molar-refractivity contribution < 1.29 is 33.0 Å². The molecule has 3 N–H and O–H groups in total. The molecule has 0 aromatic heterocycles. The van der Waals surface area contributed by atoms with Crippen molar-refractivity contribution in [3.05, 3.63) is 35.4 Å².